The van der Waals surface area contributed by atoms with Gasteiger partial charge in [0.05, 0.1) is 7.11 Å². The summed E-state index contributed by atoms with van der Waals surface area (Å²) in [4.78, 5) is 11.3. The minimum atomic E-state index is -0.312. The first-order valence-electron chi connectivity index (χ1n) is 4.79. The van der Waals surface area contributed by atoms with Crippen molar-refractivity contribution >= 4 is 5.97 Å². The molecule has 1 N–H and O–H groups in total. The molecule has 80 valence electrons. The van der Waals surface area contributed by atoms with Crippen LogP contribution in [0, 0.1) is 5.82 Å². The van der Waals surface area contributed by atoms with Crippen molar-refractivity contribution in [1.82, 2.24) is 5.32 Å². The van der Waals surface area contributed by atoms with Crippen LogP contribution >= 0.6 is 0 Å². The molecule has 1 heterocycles. The van der Waals surface area contributed by atoms with Crippen molar-refractivity contribution in [3.05, 3.63) is 35.1 Å². The van der Waals surface area contributed by atoms with E-state index in [1.807, 2.05) is 0 Å². The molecular weight excluding hydrogens is 197 g/mol. The number of fused-ring (bicyclic) bond motifs is 1. The molecule has 0 saturated heterocycles. The average molecular weight is 209 g/mol. The molecule has 0 saturated carbocycles. The highest BCUT2D eigenvalue weighted by Crippen LogP contribution is 2.18. The van der Waals surface area contributed by atoms with Crippen LogP contribution in [0.25, 0.3) is 0 Å². The quantitative estimate of drug-likeness (QED) is 0.701. The van der Waals surface area contributed by atoms with Crippen LogP contribution in [-0.4, -0.2) is 19.1 Å². The van der Waals surface area contributed by atoms with Crippen LogP contribution in [0.5, 0.6) is 0 Å². The molecular formula is C11H12FNO2. The molecule has 1 aromatic carbocycles. The smallest absolute Gasteiger partial charge is 0.323 e. The minimum Gasteiger partial charge on any atom is -0.468 e. The van der Waals surface area contributed by atoms with E-state index in [0.717, 1.165) is 11.1 Å². The molecule has 0 radical (unpaired) electrons. The van der Waals surface area contributed by atoms with Crippen molar-refractivity contribution in [1.29, 1.82) is 0 Å². The molecule has 0 amide bonds. The van der Waals surface area contributed by atoms with Gasteiger partial charge in [-0.2, -0.15) is 0 Å². The topological polar surface area (TPSA) is 38.3 Å². The molecule has 0 unspecified atom stereocenters. The summed E-state index contributed by atoms with van der Waals surface area (Å²) in [7, 11) is 1.37. The molecule has 4 heteroatoms. The zero-order valence-electron chi connectivity index (χ0n) is 8.42. The first-order chi connectivity index (χ1) is 7.20. The second kappa shape index (κ2) is 3.98. The summed E-state index contributed by atoms with van der Waals surface area (Å²) in [5.41, 5.74) is 1.92. The molecule has 3 nitrogen and oxygen atoms in total. The summed E-state index contributed by atoms with van der Waals surface area (Å²) in [6.07, 6.45) is 0.558. The first-order valence-corrected chi connectivity index (χ1v) is 4.79. The zero-order chi connectivity index (χ0) is 10.8. The van der Waals surface area contributed by atoms with Crippen molar-refractivity contribution in [2.75, 3.05) is 7.11 Å². The lowest BCUT2D eigenvalue weighted by atomic mass is 9.96. The highest BCUT2D eigenvalue weighted by atomic mass is 19.1. The maximum atomic E-state index is 12.9. The molecule has 0 spiro atoms. The Kier molecular flexibility index (Phi) is 2.68. The summed E-state index contributed by atoms with van der Waals surface area (Å²) in [5.74, 6) is -0.517. The van der Waals surface area contributed by atoms with Gasteiger partial charge in [-0.3, -0.25) is 4.79 Å². The fourth-order valence-electron chi connectivity index (χ4n) is 1.79. The molecule has 0 bridgehead atoms. The maximum Gasteiger partial charge on any atom is 0.323 e. The Balaban J connectivity index is 2.20. The number of ether oxygens (including phenoxy) is 1. The molecule has 0 aliphatic carbocycles. The van der Waals surface area contributed by atoms with Crippen molar-refractivity contribution < 1.29 is 13.9 Å². The highest BCUT2D eigenvalue weighted by molar-refractivity contribution is 5.76. The van der Waals surface area contributed by atoms with Gasteiger partial charge in [-0.1, -0.05) is 6.07 Å². The van der Waals surface area contributed by atoms with Crippen molar-refractivity contribution in [2.24, 2.45) is 0 Å². The van der Waals surface area contributed by atoms with E-state index < -0.39 is 0 Å². The van der Waals surface area contributed by atoms with Crippen LogP contribution in [0.4, 0.5) is 4.39 Å². The Morgan fingerprint density at radius 2 is 2.33 bits per heavy atom. The fourth-order valence-corrected chi connectivity index (χ4v) is 1.79. The first kappa shape index (κ1) is 10.1. The highest BCUT2D eigenvalue weighted by Gasteiger charge is 2.24. The van der Waals surface area contributed by atoms with E-state index in [9.17, 15) is 9.18 Å². The number of rotatable bonds is 1. The number of nitrogens with one attached hydrogen (secondary N) is 1. The third-order valence-electron chi connectivity index (χ3n) is 2.62. The van der Waals surface area contributed by atoms with Crippen molar-refractivity contribution in [2.45, 2.75) is 19.0 Å². The van der Waals surface area contributed by atoms with Crippen LogP contribution < -0.4 is 5.32 Å². The summed E-state index contributed by atoms with van der Waals surface area (Å²) in [6.45, 7) is 0.507. The van der Waals surface area contributed by atoms with E-state index in [-0.39, 0.29) is 17.8 Å². The summed E-state index contributed by atoms with van der Waals surface area (Å²) < 4.78 is 17.6. The van der Waals surface area contributed by atoms with Gasteiger partial charge in [-0.25, -0.2) is 4.39 Å². The van der Waals surface area contributed by atoms with E-state index in [1.54, 1.807) is 6.07 Å². The lowest BCUT2D eigenvalue weighted by Gasteiger charge is -2.24. The Hall–Kier alpha value is -1.42. The van der Waals surface area contributed by atoms with Gasteiger partial charge in [0.2, 0.25) is 0 Å². The molecule has 15 heavy (non-hydrogen) atoms. The van der Waals surface area contributed by atoms with Crippen LogP contribution in [-0.2, 0) is 22.5 Å². The summed E-state index contributed by atoms with van der Waals surface area (Å²) in [5, 5.41) is 3.01. The number of methoxy groups -OCH3 is 1. The normalized spacial score (nSPS) is 19.5. The lowest BCUT2D eigenvalue weighted by molar-refractivity contribution is -0.143. The molecule has 0 aromatic heterocycles. The number of carbonyl (C=O) groups excluding carboxylic acids is 1. The Morgan fingerprint density at radius 3 is 3.07 bits per heavy atom. The Labute approximate surface area is 87.2 Å². The Morgan fingerprint density at radius 1 is 1.53 bits per heavy atom. The molecule has 1 atom stereocenters. The van der Waals surface area contributed by atoms with Gasteiger partial charge >= 0.3 is 5.97 Å². The van der Waals surface area contributed by atoms with Gasteiger partial charge in [-0.15, -0.1) is 0 Å². The predicted octanol–water partition coefficient (Wildman–Crippen LogP) is 1.01. The number of benzene rings is 1. The van der Waals surface area contributed by atoms with Crippen LogP contribution in [0.3, 0.4) is 0 Å². The second-order valence-electron chi connectivity index (χ2n) is 3.57. The average Bonchev–Trinajstić information content (AvgIpc) is 2.27. The third-order valence-corrected chi connectivity index (χ3v) is 2.62. The molecule has 1 aromatic rings. The largest absolute Gasteiger partial charge is 0.468 e. The number of hydrogen-bond acceptors (Lipinski definition) is 3. The predicted molar refractivity (Wildman–Crippen MR) is 52.7 cm³/mol. The van der Waals surface area contributed by atoms with Crippen LogP contribution in [0.2, 0.25) is 0 Å². The summed E-state index contributed by atoms with van der Waals surface area (Å²) >= 11 is 0. The standard InChI is InChI=1S/C11H12FNO2/c1-15-11(14)10-5-7-2-3-9(12)4-8(7)6-13-10/h2-4,10,13H,5-6H2,1H3/t10-/m0/s1. The van der Waals surface area contributed by atoms with Crippen molar-refractivity contribution in [3.8, 4) is 0 Å². The lowest BCUT2D eigenvalue weighted by Crippen LogP contribution is -2.42. The second-order valence-corrected chi connectivity index (χ2v) is 3.57. The SMILES string of the molecule is COC(=O)[C@@H]1Cc2ccc(F)cc2CN1. The van der Waals surface area contributed by atoms with Gasteiger partial charge in [0.15, 0.2) is 0 Å². The molecule has 1 aliphatic rings. The molecule has 1 aliphatic heterocycles. The number of halogens is 1. The van der Waals surface area contributed by atoms with E-state index >= 15 is 0 Å². The Bertz CT molecular complexity index is 392. The van der Waals surface area contributed by atoms with E-state index in [1.165, 1.54) is 19.2 Å². The van der Waals surface area contributed by atoms with E-state index in [4.69, 9.17) is 0 Å². The van der Waals surface area contributed by atoms with E-state index in [2.05, 4.69) is 10.1 Å². The summed E-state index contributed by atoms with van der Waals surface area (Å²) in [6, 6.07) is 4.32. The zero-order valence-corrected chi connectivity index (χ0v) is 8.42. The molecule has 0 fully saturated rings. The van der Waals surface area contributed by atoms with Gasteiger partial charge in [0, 0.05) is 6.54 Å². The van der Waals surface area contributed by atoms with Gasteiger partial charge in [0.25, 0.3) is 0 Å². The van der Waals surface area contributed by atoms with E-state index in [0.29, 0.717) is 13.0 Å². The number of esters is 1. The fraction of sp³-hybridized carbons (Fsp3) is 0.364. The van der Waals surface area contributed by atoms with Gasteiger partial charge < -0.3 is 10.1 Å². The van der Waals surface area contributed by atoms with Crippen LogP contribution in [0.1, 0.15) is 11.1 Å². The van der Waals surface area contributed by atoms with Gasteiger partial charge in [0.1, 0.15) is 11.9 Å². The third kappa shape index (κ3) is 1.99. The van der Waals surface area contributed by atoms with Crippen molar-refractivity contribution in [3.63, 3.8) is 0 Å². The number of hydrogen-bond donors (Lipinski definition) is 1. The monoisotopic (exact) mass is 209 g/mol. The van der Waals surface area contributed by atoms with Crippen LogP contribution in [0.15, 0.2) is 18.2 Å². The number of carbonyl (C=O) groups is 1. The molecule has 2 rings (SSSR count). The minimum absolute atomic E-state index is 0.243. The maximum absolute atomic E-state index is 12.9. The van der Waals surface area contributed by atoms with Gasteiger partial charge in [-0.05, 0) is 29.7 Å².